The van der Waals surface area contributed by atoms with Gasteiger partial charge < -0.3 is 15.2 Å². The lowest BCUT2D eigenvalue weighted by Crippen LogP contribution is -2.35. The number of aromatic nitrogens is 2. The zero-order valence-corrected chi connectivity index (χ0v) is 13.0. The first-order valence-electron chi connectivity index (χ1n) is 7.53. The molecule has 1 aromatic heterocycles. The number of carbonyl (C=O) groups excluding carboxylic acids is 1. The maximum Gasteiger partial charge on any atom is 0.233 e. The van der Waals surface area contributed by atoms with E-state index < -0.39 is 0 Å². The van der Waals surface area contributed by atoms with Crippen molar-refractivity contribution in [3.05, 3.63) is 30.1 Å². The van der Waals surface area contributed by atoms with E-state index in [1.807, 2.05) is 18.2 Å². The summed E-state index contributed by atoms with van der Waals surface area (Å²) < 4.78 is 2.17. The van der Waals surface area contributed by atoms with Crippen LogP contribution in [0.5, 0.6) is 0 Å². The van der Waals surface area contributed by atoms with Crippen LogP contribution in [0.15, 0.2) is 24.3 Å². The van der Waals surface area contributed by atoms with Crippen LogP contribution in [0, 0.1) is 5.92 Å². The van der Waals surface area contributed by atoms with Gasteiger partial charge in [-0.05, 0) is 25.0 Å². The quantitative estimate of drug-likeness (QED) is 0.818. The number of rotatable bonds is 7. The molecule has 0 spiro atoms. The molecule has 0 aliphatic heterocycles. The van der Waals surface area contributed by atoms with Crippen LogP contribution in [0.1, 0.15) is 26.6 Å². The number of hydrogen-bond acceptors (Lipinski definition) is 3. The average Bonchev–Trinajstić information content (AvgIpc) is 2.82. The van der Waals surface area contributed by atoms with Gasteiger partial charge in [-0.25, -0.2) is 4.98 Å². The van der Waals surface area contributed by atoms with E-state index >= 15 is 0 Å². The molecule has 2 rings (SSSR count). The Kier molecular flexibility index (Phi) is 5.33. The van der Waals surface area contributed by atoms with Gasteiger partial charge in [-0.15, -0.1) is 0 Å². The number of benzene rings is 1. The van der Waals surface area contributed by atoms with E-state index in [0.717, 1.165) is 23.4 Å². The first-order valence-corrected chi connectivity index (χ1v) is 7.53. The maximum atomic E-state index is 11.7. The standard InChI is InChI=1S/C16H24N4O/c1-4-20-14-8-6-5-7-13(14)19-15(20)10-17-11-16(21)18-9-12(2)3/h5-8,12,17H,4,9-11H2,1-3H3,(H,18,21). The molecule has 0 aliphatic rings. The van der Waals surface area contributed by atoms with E-state index in [0.29, 0.717) is 25.6 Å². The molecule has 0 atom stereocenters. The smallest absolute Gasteiger partial charge is 0.233 e. The number of carbonyl (C=O) groups is 1. The van der Waals surface area contributed by atoms with Gasteiger partial charge >= 0.3 is 0 Å². The fourth-order valence-electron chi connectivity index (χ4n) is 2.28. The molecule has 0 aliphatic carbocycles. The molecule has 1 amide bonds. The molecule has 0 bridgehead atoms. The number of fused-ring (bicyclic) bond motifs is 1. The molecule has 2 aromatic rings. The molecule has 1 aromatic carbocycles. The molecule has 0 saturated carbocycles. The molecule has 0 saturated heterocycles. The van der Waals surface area contributed by atoms with Crippen molar-refractivity contribution >= 4 is 16.9 Å². The fourth-order valence-corrected chi connectivity index (χ4v) is 2.28. The zero-order chi connectivity index (χ0) is 15.2. The second-order valence-corrected chi connectivity index (χ2v) is 5.56. The molecule has 5 nitrogen and oxygen atoms in total. The van der Waals surface area contributed by atoms with Crippen molar-refractivity contribution in [3.8, 4) is 0 Å². The Morgan fingerprint density at radius 2 is 2.10 bits per heavy atom. The summed E-state index contributed by atoms with van der Waals surface area (Å²) in [6.07, 6.45) is 0. The van der Waals surface area contributed by atoms with E-state index in [2.05, 4.69) is 47.0 Å². The SMILES string of the molecule is CCn1c(CNCC(=O)NCC(C)C)nc2ccccc21. The second-order valence-electron chi connectivity index (χ2n) is 5.56. The third kappa shape index (κ3) is 4.04. The first-order chi connectivity index (χ1) is 10.1. The van der Waals surface area contributed by atoms with E-state index in [1.165, 1.54) is 0 Å². The predicted molar refractivity (Wildman–Crippen MR) is 85.0 cm³/mol. The summed E-state index contributed by atoms with van der Waals surface area (Å²) in [5.74, 6) is 1.47. The van der Waals surface area contributed by atoms with Crippen LogP contribution in [0.25, 0.3) is 11.0 Å². The summed E-state index contributed by atoms with van der Waals surface area (Å²) >= 11 is 0. The lowest BCUT2D eigenvalue weighted by molar-refractivity contribution is -0.120. The number of hydrogen-bond donors (Lipinski definition) is 2. The molecule has 5 heteroatoms. The molecular formula is C16H24N4O. The Balaban J connectivity index is 1.93. The highest BCUT2D eigenvalue weighted by Crippen LogP contribution is 2.15. The number of amides is 1. The summed E-state index contributed by atoms with van der Waals surface area (Å²) in [6, 6.07) is 8.10. The Morgan fingerprint density at radius 1 is 1.33 bits per heavy atom. The summed E-state index contributed by atoms with van der Waals surface area (Å²) in [4.78, 5) is 16.3. The number of para-hydroxylation sites is 2. The summed E-state index contributed by atoms with van der Waals surface area (Å²) in [5.41, 5.74) is 2.14. The van der Waals surface area contributed by atoms with Crippen LogP contribution in [0.2, 0.25) is 0 Å². The maximum absolute atomic E-state index is 11.7. The Labute approximate surface area is 125 Å². The van der Waals surface area contributed by atoms with Crippen molar-refractivity contribution in [2.24, 2.45) is 5.92 Å². The average molecular weight is 288 g/mol. The van der Waals surface area contributed by atoms with Crippen LogP contribution in [0.3, 0.4) is 0 Å². The molecule has 0 fully saturated rings. The number of imidazole rings is 1. The van der Waals surface area contributed by atoms with Crippen LogP contribution in [0.4, 0.5) is 0 Å². The van der Waals surface area contributed by atoms with Crippen LogP contribution >= 0.6 is 0 Å². The zero-order valence-electron chi connectivity index (χ0n) is 13.0. The monoisotopic (exact) mass is 288 g/mol. The van der Waals surface area contributed by atoms with E-state index in [-0.39, 0.29) is 5.91 Å². The molecule has 2 N–H and O–H groups in total. The van der Waals surface area contributed by atoms with Crippen molar-refractivity contribution < 1.29 is 4.79 Å². The van der Waals surface area contributed by atoms with Crippen molar-refractivity contribution in [1.82, 2.24) is 20.2 Å². The minimum Gasteiger partial charge on any atom is -0.355 e. The normalized spacial score (nSPS) is 11.2. The minimum absolute atomic E-state index is 0.0304. The highest BCUT2D eigenvalue weighted by molar-refractivity contribution is 5.78. The molecule has 0 radical (unpaired) electrons. The van der Waals surface area contributed by atoms with Crippen molar-refractivity contribution in [3.63, 3.8) is 0 Å². The lowest BCUT2D eigenvalue weighted by Gasteiger charge is -2.09. The van der Waals surface area contributed by atoms with E-state index in [1.54, 1.807) is 0 Å². The van der Waals surface area contributed by atoms with Gasteiger partial charge in [-0.3, -0.25) is 4.79 Å². The van der Waals surface area contributed by atoms with Gasteiger partial charge in [0.1, 0.15) is 5.82 Å². The molecular weight excluding hydrogens is 264 g/mol. The fraction of sp³-hybridized carbons (Fsp3) is 0.500. The van der Waals surface area contributed by atoms with E-state index in [9.17, 15) is 4.79 Å². The largest absolute Gasteiger partial charge is 0.355 e. The second kappa shape index (κ2) is 7.22. The van der Waals surface area contributed by atoms with Gasteiger partial charge in [-0.2, -0.15) is 0 Å². The van der Waals surface area contributed by atoms with Crippen molar-refractivity contribution in [1.29, 1.82) is 0 Å². The molecule has 21 heavy (non-hydrogen) atoms. The minimum atomic E-state index is 0.0304. The summed E-state index contributed by atoms with van der Waals surface area (Å²) in [6.45, 7) is 8.77. The number of nitrogens with one attached hydrogen (secondary N) is 2. The van der Waals surface area contributed by atoms with Gasteiger partial charge in [0, 0.05) is 13.1 Å². The Hall–Kier alpha value is -1.88. The summed E-state index contributed by atoms with van der Waals surface area (Å²) in [5, 5.41) is 6.06. The van der Waals surface area contributed by atoms with Crippen LogP contribution in [-0.2, 0) is 17.9 Å². The molecule has 0 unspecified atom stereocenters. The molecule has 114 valence electrons. The topological polar surface area (TPSA) is 59.0 Å². The van der Waals surface area contributed by atoms with Gasteiger partial charge in [0.15, 0.2) is 0 Å². The number of nitrogens with zero attached hydrogens (tertiary/aromatic N) is 2. The third-order valence-corrected chi connectivity index (χ3v) is 3.33. The van der Waals surface area contributed by atoms with E-state index in [4.69, 9.17) is 0 Å². The van der Waals surface area contributed by atoms with Gasteiger partial charge in [-0.1, -0.05) is 26.0 Å². The van der Waals surface area contributed by atoms with Crippen LogP contribution < -0.4 is 10.6 Å². The first kappa shape index (κ1) is 15.5. The predicted octanol–water partition coefficient (Wildman–Crippen LogP) is 1.92. The number of aryl methyl sites for hydroxylation is 1. The van der Waals surface area contributed by atoms with Crippen molar-refractivity contribution in [2.75, 3.05) is 13.1 Å². The lowest BCUT2D eigenvalue weighted by atomic mass is 10.2. The van der Waals surface area contributed by atoms with Gasteiger partial charge in [0.25, 0.3) is 0 Å². The Morgan fingerprint density at radius 3 is 2.81 bits per heavy atom. The van der Waals surface area contributed by atoms with Crippen molar-refractivity contribution in [2.45, 2.75) is 33.9 Å². The third-order valence-electron chi connectivity index (χ3n) is 3.33. The van der Waals surface area contributed by atoms with Crippen LogP contribution in [-0.4, -0.2) is 28.5 Å². The Bertz CT molecular complexity index is 603. The highest BCUT2D eigenvalue weighted by atomic mass is 16.1. The van der Waals surface area contributed by atoms with Gasteiger partial charge in [0.05, 0.1) is 24.1 Å². The molecule has 1 heterocycles. The summed E-state index contributed by atoms with van der Waals surface area (Å²) in [7, 11) is 0. The highest BCUT2D eigenvalue weighted by Gasteiger charge is 2.09. The van der Waals surface area contributed by atoms with Gasteiger partial charge in [0.2, 0.25) is 5.91 Å².